The van der Waals surface area contributed by atoms with Gasteiger partial charge in [-0.3, -0.25) is 0 Å². The van der Waals surface area contributed by atoms with E-state index in [1.54, 1.807) is 11.3 Å². The fourth-order valence-corrected chi connectivity index (χ4v) is 6.22. The number of para-hydroxylation sites is 1. The lowest BCUT2D eigenvalue weighted by Crippen LogP contribution is -2.25. The zero-order chi connectivity index (χ0) is 24.5. The highest BCUT2D eigenvalue weighted by molar-refractivity contribution is 7.21. The number of aromatic nitrogens is 3. The van der Waals surface area contributed by atoms with Crippen molar-refractivity contribution in [1.82, 2.24) is 15.0 Å². The normalized spacial score (nSPS) is 22.0. The molecule has 0 spiro atoms. The Kier molecular flexibility index (Phi) is 6.71. The van der Waals surface area contributed by atoms with Crippen LogP contribution in [0.3, 0.4) is 0 Å². The molecule has 5 rings (SSSR count). The number of aliphatic hydroxyl groups is 1. The van der Waals surface area contributed by atoms with E-state index in [1.807, 2.05) is 25.1 Å². The van der Waals surface area contributed by atoms with Crippen LogP contribution in [0, 0.1) is 31.6 Å². The Bertz CT molecular complexity index is 1300. The smallest absolute Gasteiger partial charge is 0.225 e. The summed E-state index contributed by atoms with van der Waals surface area (Å²) in [4.78, 5) is 14.7. The number of hydrogen-bond donors (Lipinski definition) is 3. The number of hydrogen-bond acceptors (Lipinski definition) is 7. The summed E-state index contributed by atoms with van der Waals surface area (Å²) in [7, 11) is 0. The number of anilines is 2. The molecule has 1 aliphatic carbocycles. The number of benzene rings is 2. The summed E-state index contributed by atoms with van der Waals surface area (Å²) in [5, 5.41) is 18.0. The first-order valence-electron chi connectivity index (χ1n) is 12.3. The maximum atomic E-state index is 9.87. The molecule has 35 heavy (non-hydrogen) atoms. The SMILES string of the molecule is Cc1cccc(CNc2nc(C)c(-c3nc4ccccc4s3)c(N[C@@H]3C[C@H](CO)[C@@H](C)[C@H]3C)n2)c1. The lowest BCUT2D eigenvalue weighted by atomic mass is 9.92. The van der Waals surface area contributed by atoms with Crippen LogP contribution in [0.15, 0.2) is 48.5 Å². The Balaban J connectivity index is 1.51. The summed E-state index contributed by atoms with van der Waals surface area (Å²) in [6.45, 7) is 9.51. The van der Waals surface area contributed by atoms with Gasteiger partial charge in [0.15, 0.2) is 0 Å². The predicted octanol–water partition coefficient (Wildman–Crippen LogP) is 6.05. The molecule has 0 bridgehead atoms. The summed E-state index contributed by atoms with van der Waals surface area (Å²) in [5.41, 5.74) is 5.27. The van der Waals surface area contributed by atoms with Crippen LogP contribution in [0.1, 0.15) is 37.1 Å². The highest BCUT2D eigenvalue weighted by Crippen LogP contribution is 2.41. The van der Waals surface area contributed by atoms with Crippen LogP contribution in [0.4, 0.5) is 11.8 Å². The quantitative estimate of drug-likeness (QED) is 0.294. The van der Waals surface area contributed by atoms with E-state index in [9.17, 15) is 5.11 Å². The fourth-order valence-electron chi connectivity index (χ4n) is 5.15. The Morgan fingerprint density at radius 3 is 2.57 bits per heavy atom. The van der Waals surface area contributed by atoms with E-state index < -0.39 is 0 Å². The summed E-state index contributed by atoms with van der Waals surface area (Å²) in [5.74, 6) is 2.59. The molecule has 0 saturated heterocycles. The van der Waals surface area contributed by atoms with Crippen LogP contribution in [0.2, 0.25) is 0 Å². The summed E-state index contributed by atoms with van der Waals surface area (Å²) in [6.07, 6.45) is 0.924. The Hall–Kier alpha value is -3.03. The van der Waals surface area contributed by atoms with Crippen molar-refractivity contribution < 1.29 is 5.11 Å². The van der Waals surface area contributed by atoms with Gasteiger partial charge in [0.05, 0.1) is 21.5 Å². The van der Waals surface area contributed by atoms with Crippen LogP contribution >= 0.6 is 11.3 Å². The van der Waals surface area contributed by atoms with Crippen molar-refractivity contribution in [2.24, 2.45) is 17.8 Å². The number of fused-ring (bicyclic) bond motifs is 1. The molecule has 0 amide bonds. The van der Waals surface area contributed by atoms with Crippen LogP contribution in [0.5, 0.6) is 0 Å². The molecule has 0 aliphatic heterocycles. The molecular weight excluding hydrogens is 454 g/mol. The largest absolute Gasteiger partial charge is 0.396 e. The Labute approximate surface area is 210 Å². The number of thiazole rings is 1. The van der Waals surface area contributed by atoms with Gasteiger partial charge in [-0.05, 0) is 55.7 Å². The van der Waals surface area contributed by atoms with E-state index >= 15 is 0 Å². The van der Waals surface area contributed by atoms with Crippen molar-refractivity contribution in [3.63, 3.8) is 0 Å². The van der Waals surface area contributed by atoms with Crippen molar-refractivity contribution in [1.29, 1.82) is 0 Å². The molecule has 4 atom stereocenters. The van der Waals surface area contributed by atoms with Gasteiger partial charge in [0.1, 0.15) is 10.8 Å². The molecule has 2 heterocycles. The molecule has 1 aliphatic rings. The molecule has 2 aromatic heterocycles. The molecular formula is C28H33N5OS. The van der Waals surface area contributed by atoms with Gasteiger partial charge in [-0.15, -0.1) is 11.3 Å². The van der Waals surface area contributed by atoms with E-state index in [4.69, 9.17) is 15.0 Å². The van der Waals surface area contributed by atoms with E-state index in [0.29, 0.717) is 30.2 Å². The second-order valence-corrected chi connectivity index (χ2v) is 10.9. The van der Waals surface area contributed by atoms with Crippen LogP contribution < -0.4 is 10.6 Å². The van der Waals surface area contributed by atoms with E-state index in [-0.39, 0.29) is 12.6 Å². The minimum Gasteiger partial charge on any atom is -0.396 e. The number of rotatable bonds is 7. The number of aryl methyl sites for hydroxylation is 2. The van der Waals surface area contributed by atoms with Gasteiger partial charge < -0.3 is 15.7 Å². The van der Waals surface area contributed by atoms with Gasteiger partial charge in [-0.25, -0.2) is 9.97 Å². The highest BCUT2D eigenvalue weighted by atomic mass is 32.1. The molecule has 2 aromatic carbocycles. The molecule has 0 unspecified atom stereocenters. The Morgan fingerprint density at radius 1 is 1.00 bits per heavy atom. The van der Waals surface area contributed by atoms with Crippen molar-refractivity contribution >= 4 is 33.3 Å². The molecule has 6 nitrogen and oxygen atoms in total. The zero-order valence-corrected chi connectivity index (χ0v) is 21.6. The predicted molar refractivity (Wildman–Crippen MR) is 145 cm³/mol. The van der Waals surface area contributed by atoms with Crippen LogP contribution in [-0.2, 0) is 6.54 Å². The molecule has 3 N–H and O–H groups in total. The fraction of sp³-hybridized carbons (Fsp3) is 0.393. The molecule has 1 saturated carbocycles. The van der Waals surface area contributed by atoms with Crippen molar-refractivity contribution in [2.45, 2.75) is 46.7 Å². The van der Waals surface area contributed by atoms with Gasteiger partial charge in [-0.2, -0.15) is 4.98 Å². The lowest BCUT2D eigenvalue weighted by molar-refractivity contribution is 0.191. The average Bonchev–Trinajstić information content (AvgIpc) is 3.38. The van der Waals surface area contributed by atoms with Crippen molar-refractivity contribution in [2.75, 3.05) is 17.2 Å². The van der Waals surface area contributed by atoms with E-state index in [0.717, 1.165) is 38.7 Å². The summed E-state index contributed by atoms with van der Waals surface area (Å²) < 4.78 is 1.15. The number of nitrogens with one attached hydrogen (secondary N) is 2. The summed E-state index contributed by atoms with van der Waals surface area (Å²) in [6, 6.07) is 16.9. The highest BCUT2D eigenvalue weighted by Gasteiger charge is 2.38. The van der Waals surface area contributed by atoms with Gasteiger partial charge in [0.25, 0.3) is 0 Å². The third kappa shape index (κ3) is 4.88. The lowest BCUT2D eigenvalue weighted by Gasteiger charge is -2.22. The second kappa shape index (κ2) is 9.91. The number of aliphatic hydroxyl groups excluding tert-OH is 1. The number of nitrogens with zero attached hydrogens (tertiary/aromatic N) is 3. The molecule has 0 radical (unpaired) electrons. The van der Waals surface area contributed by atoms with Gasteiger partial charge in [0, 0.05) is 19.2 Å². The minimum absolute atomic E-state index is 0.223. The first-order valence-corrected chi connectivity index (χ1v) is 13.2. The van der Waals surface area contributed by atoms with Gasteiger partial charge >= 0.3 is 0 Å². The second-order valence-electron chi connectivity index (χ2n) is 9.83. The van der Waals surface area contributed by atoms with Crippen LogP contribution in [-0.4, -0.2) is 32.7 Å². The van der Waals surface area contributed by atoms with Crippen molar-refractivity contribution in [3.8, 4) is 10.6 Å². The first kappa shape index (κ1) is 23.7. The van der Waals surface area contributed by atoms with Gasteiger partial charge in [-0.1, -0.05) is 55.8 Å². The standard InChI is InChI=1S/C28H33N5OS/c1-16-8-7-9-20(12-16)14-29-28-30-19(4)25(27-32-22-10-5-6-11-24(22)35-27)26(33-28)31-23-13-21(15-34)17(2)18(23)3/h5-12,17-18,21,23,34H,13-15H2,1-4H3,(H2,29,30,31,33)/t17-,18+,21+,23+/m0/s1. The van der Waals surface area contributed by atoms with Gasteiger partial charge in [0.2, 0.25) is 5.95 Å². The monoisotopic (exact) mass is 487 g/mol. The Morgan fingerprint density at radius 2 is 1.83 bits per heavy atom. The maximum absolute atomic E-state index is 9.87. The summed E-state index contributed by atoms with van der Waals surface area (Å²) >= 11 is 1.67. The third-order valence-corrected chi connectivity index (χ3v) is 8.51. The molecule has 1 fully saturated rings. The van der Waals surface area contributed by atoms with Crippen molar-refractivity contribution in [3.05, 3.63) is 65.4 Å². The molecule has 7 heteroatoms. The molecule has 4 aromatic rings. The van der Waals surface area contributed by atoms with E-state index in [2.05, 4.69) is 61.7 Å². The third-order valence-electron chi connectivity index (χ3n) is 7.45. The zero-order valence-electron chi connectivity index (χ0n) is 20.7. The molecule has 182 valence electrons. The average molecular weight is 488 g/mol. The minimum atomic E-state index is 0.223. The topological polar surface area (TPSA) is 83.0 Å². The first-order chi connectivity index (χ1) is 16.9. The van der Waals surface area contributed by atoms with Crippen LogP contribution in [0.25, 0.3) is 20.8 Å². The van der Waals surface area contributed by atoms with E-state index in [1.165, 1.54) is 11.1 Å². The maximum Gasteiger partial charge on any atom is 0.225 e.